The van der Waals surface area contributed by atoms with Crippen LogP contribution in [0, 0.1) is 0 Å². The van der Waals surface area contributed by atoms with Gasteiger partial charge in [-0.2, -0.15) is 8.78 Å². The lowest BCUT2D eigenvalue weighted by atomic mass is 9.88. The molecule has 2 aliphatic heterocycles. The van der Waals surface area contributed by atoms with E-state index < -0.39 is 32.5 Å². The van der Waals surface area contributed by atoms with Crippen molar-refractivity contribution in [3.05, 3.63) is 87.5 Å². The number of ether oxygens (including phenoxy) is 1. The fourth-order valence-corrected chi connectivity index (χ4v) is 9.24. The number of hydrogen-bond donors (Lipinski definition) is 2. The SMILES string of the molecule is CC(C)c1nc(C(=O)N2CC(F)(F)OC3(CCN(Cc4cccc(CCNC[C@H](O[Si](C)(C)C(C)(C)C)c5ccc(O)c6ncccc56)c4)CC3)C2)cs1. The van der Waals surface area contributed by atoms with E-state index in [-0.39, 0.29) is 35.0 Å². The lowest BCUT2D eigenvalue weighted by molar-refractivity contribution is -0.332. The highest BCUT2D eigenvalue weighted by molar-refractivity contribution is 7.09. The Balaban J connectivity index is 1.05. The van der Waals surface area contributed by atoms with Gasteiger partial charge < -0.3 is 24.5 Å². The molecular formula is C41H55F2N5O4SSi. The van der Waals surface area contributed by atoms with Crippen molar-refractivity contribution in [1.82, 2.24) is 25.1 Å². The van der Waals surface area contributed by atoms with Crippen LogP contribution in [0.3, 0.4) is 0 Å². The molecule has 2 N–H and O–H groups in total. The minimum atomic E-state index is -3.42. The van der Waals surface area contributed by atoms with Crippen LogP contribution in [0.2, 0.25) is 18.1 Å². The summed E-state index contributed by atoms with van der Waals surface area (Å²) in [6.07, 6.45) is -0.285. The van der Waals surface area contributed by atoms with Crippen molar-refractivity contribution in [3.63, 3.8) is 0 Å². The maximum absolute atomic E-state index is 15.0. The molecule has 4 aromatic rings. The Morgan fingerprint density at radius 3 is 2.54 bits per heavy atom. The molecule has 2 aromatic heterocycles. The predicted molar refractivity (Wildman–Crippen MR) is 213 cm³/mol. The number of fused-ring (bicyclic) bond motifs is 1. The van der Waals surface area contributed by atoms with Crippen LogP contribution in [0.5, 0.6) is 5.75 Å². The van der Waals surface area contributed by atoms with E-state index in [4.69, 9.17) is 9.16 Å². The van der Waals surface area contributed by atoms with Gasteiger partial charge in [0, 0.05) is 49.1 Å². The van der Waals surface area contributed by atoms with Crippen LogP contribution in [0.4, 0.5) is 8.78 Å². The second-order valence-electron chi connectivity index (χ2n) is 16.8. The molecule has 2 fully saturated rings. The summed E-state index contributed by atoms with van der Waals surface area (Å²) in [5, 5.41) is 17.6. The lowest BCUT2D eigenvalue weighted by Gasteiger charge is -2.49. The molecule has 2 saturated heterocycles. The molecule has 54 heavy (non-hydrogen) atoms. The van der Waals surface area contributed by atoms with Gasteiger partial charge in [0.25, 0.3) is 5.91 Å². The number of nitrogens with zero attached hydrogens (tertiary/aromatic N) is 4. The Bertz CT molecular complexity index is 1920. The molecule has 4 heterocycles. The Hall–Kier alpha value is -3.33. The number of hydrogen-bond acceptors (Lipinski definition) is 9. The Morgan fingerprint density at radius 2 is 1.83 bits per heavy atom. The van der Waals surface area contributed by atoms with Crippen molar-refractivity contribution in [2.75, 3.05) is 39.3 Å². The number of amides is 1. The molecule has 292 valence electrons. The molecule has 9 nitrogen and oxygen atoms in total. The van der Waals surface area contributed by atoms with Crippen LogP contribution < -0.4 is 5.32 Å². The number of likely N-dealkylation sites (tertiary alicyclic amines) is 1. The van der Waals surface area contributed by atoms with E-state index in [9.17, 15) is 18.7 Å². The number of aromatic hydroxyl groups is 1. The van der Waals surface area contributed by atoms with Crippen molar-refractivity contribution in [2.45, 2.75) is 102 Å². The molecule has 2 aromatic carbocycles. The highest BCUT2D eigenvalue weighted by Crippen LogP contribution is 2.42. The summed E-state index contributed by atoms with van der Waals surface area (Å²) in [7, 11) is -2.14. The molecule has 0 saturated carbocycles. The summed E-state index contributed by atoms with van der Waals surface area (Å²) in [5.41, 5.74) is 3.11. The van der Waals surface area contributed by atoms with Gasteiger partial charge >= 0.3 is 6.11 Å². The van der Waals surface area contributed by atoms with E-state index in [2.05, 4.69) is 78.3 Å². The molecule has 1 atom stereocenters. The van der Waals surface area contributed by atoms with E-state index >= 15 is 0 Å². The number of nitrogens with one attached hydrogen (secondary N) is 1. The minimum Gasteiger partial charge on any atom is -0.506 e. The number of pyridine rings is 1. The molecule has 6 rings (SSSR count). The fraction of sp³-hybridized carbons (Fsp3) is 0.537. The van der Waals surface area contributed by atoms with Crippen LogP contribution in [-0.2, 0) is 22.1 Å². The average molecular weight is 780 g/mol. The van der Waals surface area contributed by atoms with Crippen LogP contribution in [0.25, 0.3) is 10.9 Å². The first-order valence-electron chi connectivity index (χ1n) is 19.0. The van der Waals surface area contributed by atoms with Gasteiger partial charge in [0.2, 0.25) is 0 Å². The quantitative estimate of drug-likeness (QED) is 0.109. The van der Waals surface area contributed by atoms with Crippen molar-refractivity contribution >= 4 is 36.5 Å². The first kappa shape index (κ1) is 40.3. The van der Waals surface area contributed by atoms with Crippen LogP contribution in [0.1, 0.15) is 91.7 Å². The van der Waals surface area contributed by atoms with E-state index in [1.807, 2.05) is 32.0 Å². The predicted octanol–water partition coefficient (Wildman–Crippen LogP) is 8.52. The maximum Gasteiger partial charge on any atom is 0.373 e. The summed E-state index contributed by atoms with van der Waals surface area (Å²) in [5.74, 6) is -0.135. The van der Waals surface area contributed by atoms with Gasteiger partial charge in [-0.05, 0) is 72.8 Å². The highest BCUT2D eigenvalue weighted by atomic mass is 32.1. The van der Waals surface area contributed by atoms with Gasteiger partial charge in [-0.1, -0.05) is 71.0 Å². The minimum absolute atomic E-state index is 0.0271. The first-order chi connectivity index (χ1) is 25.4. The van der Waals surface area contributed by atoms with Gasteiger partial charge in [0.1, 0.15) is 23.5 Å². The number of piperidine rings is 1. The zero-order valence-electron chi connectivity index (χ0n) is 32.6. The van der Waals surface area contributed by atoms with Crippen LogP contribution >= 0.6 is 11.3 Å². The third kappa shape index (κ3) is 9.36. The van der Waals surface area contributed by atoms with E-state index in [1.54, 1.807) is 17.6 Å². The van der Waals surface area contributed by atoms with Crippen molar-refractivity contribution in [2.24, 2.45) is 0 Å². The molecule has 2 aliphatic rings. The van der Waals surface area contributed by atoms with E-state index in [1.165, 1.54) is 27.4 Å². The average Bonchev–Trinajstić information content (AvgIpc) is 3.61. The Kier molecular flexibility index (Phi) is 12.0. The summed E-state index contributed by atoms with van der Waals surface area (Å²) in [6.45, 7) is 17.8. The van der Waals surface area contributed by atoms with Crippen LogP contribution in [-0.4, -0.2) is 90.1 Å². The Labute approximate surface area is 323 Å². The number of benzene rings is 2. The van der Waals surface area contributed by atoms with Crippen molar-refractivity contribution < 1.29 is 27.8 Å². The molecule has 1 amide bonds. The molecule has 1 spiro atoms. The Morgan fingerprint density at radius 1 is 1.09 bits per heavy atom. The second kappa shape index (κ2) is 16.0. The summed E-state index contributed by atoms with van der Waals surface area (Å²) in [6, 6.07) is 16.1. The topological polar surface area (TPSA) is 100 Å². The number of carbonyl (C=O) groups is 1. The fourth-order valence-electron chi connectivity index (χ4n) is 7.16. The molecule has 0 unspecified atom stereocenters. The number of phenols is 1. The molecule has 0 radical (unpaired) electrons. The molecule has 13 heteroatoms. The lowest BCUT2D eigenvalue weighted by Crippen LogP contribution is -2.62. The number of thiazole rings is 1. The zero-order chi connectivity index (χ0) is 38.9. The van der Waals surface area contributed by atoms with Gasteiger partial charge in [-0.3, -0.25) is 14.7 Å². The number of aromatic nitrogens is 2. The number of halogens is 2. The summed E-state index contributed by atoms with van der Waals surface area (Å²) in [4.78, 5) is 25.7. The molecule has 0 bridgehead atoms. The van der Waals surface area contributed by atoms with E-state index in [0.29, 0.717) is 44.5 Å². The number of morpholine rings is 1. The molecule has 0 aliphatic carbocycles. The number of carbonyl (C=O) groups excluding carboxylic acids is 1. The largest absolute Gasteiger partial charge is 0.506 e. The monoisotopic (exact) mass is 779 g/mol. The zero-order valence-corrected chi connectivity index (χ0v) is 34.4. The van der Waals surface area contributed by atoms with Crippen molar-refractivity contribution in [1.29, 1.82) is 0 Å². The third-order valence-electron chi connectivity index (χ3n) is 11.2. The first-order valence-corrected chi connectivity index (χ1v) is 22.8. The maximum atomic E-state index is 15.0. The normalized spacial score (nSPS) is 18.4. The standard InChI is InChI=1S/C41H55F2N5O4SSi/c1-28(2)37-46-33(25-53-37)38(50)48-26-40(52-41(42,43)27-48)16-20-47(21-17-40)24-30-11-8-10-29(22-30)15-19-44-23-35(51-54(6,7)39(3,4)5)31-13-14-34(49)36-32(31)12-9-18-45-36/h8-14,18,22,25,28,35,44,49H,15-17,19-21,23-24,26-27H2,1-7H3/t35-/m0/s1. The number of rotatable bonds is 12. The van der Waals surface area contributed by atoms with Gasteiger partial charge in [0.05, 0.1) is 23.3 Å². The van der Waals surface area contributed by atoms with Crippen LogP contribution in [0.15, 0.2) is 60.1 Å². The number of phenolic OH excluding ortho intramolecular Hbond substituents is 1. The van der Waals surface area contributed by atoms with Crippen molar-refractivity contribution in [3.8, 4) is 5.75 Å². The van der Waals surface area contributed by atoms with Gasteiger partial charge in [0.15, 0.2) is 8.32 Å². The summed E-state index contributed by atoms with van der Waals surface area (Å²) < 4.78 is 42.4. The third-order valence-corrected chi connectivity index (χ3v) is 16.8. The van der Waals surface area contributed by atoms with E-state index in [0.717, 1.165) is 28.9 Å². The van der Waals surface area contributed by atoms with Gasteiger partial charge in [-0.15, -0.1) is 11.3 Å². The molecular weight excluding hydrogens is 725 g/mol. The highest BCUT2D eigenvalue weighted by Gasteiger charge is 2.52. The smallest absolute Gasteiger partial charge is 0.373 e. The van der Waals surface area contributed by atoms with Gasteiger partial charge in [-0.25, -0.2) is 4.98 Å². The number of alkyl halides is 2. The second-order valence-corrected chi connectivity index (χ2v) is 22.4. The summed E-state index contributed by atoms with van der Waals surface area (Å²) >= 11 is 1.39.